The number of rotatable bonds is 5. The van der Waals surface area contributed by atoms with E-state index in [0.29, 0.717) is 5.56 Å². The minimum absolute atomic E-state index is 0.199. The molecule has 4 atom stereocenters. The number of carbonyl (C=O) groups excluding carboxylic acids is 3. The largest absolute Gasteiger partial charge is 0.480 e. The predicted molar refractivity (Wildman–Crippen MR) is 104 cm³/mol. The number of thioether (sulfide) groups is 1. The van der Waals surface area contributed by atoms with Crippen molar-refractivity contribution in [1.29, 1.82) is 0 Å². The first-order chi connectivity index (χ1) is 13.0. The van der Waals surface area contributed by atoms with Gasteiger partial charge in [-0.3, -0.25) is 19.2 Å². The molecule has 0 aromatic heterocycles. The predicted octanol–water partition coefficient (Wildman–Crippen LogP) is 1.13. The molecule has 2 aliphatic rings. The topological polar surface area (TPSA) is 116 Å². The number of carbonyl (C=O) groups is 4. The van der Waals surface area contributed by atoms with Crippen molar-refractivity contribution in [3.8, 4) is 0 Å². The fraction of sp³-hybridized carbons (Fsp3) is 0.474. The summed E-state index contributed by atoms with van der Waals surface area (Å²) in [5, 5.41) is 13.6. The van der Waals surface area contributed by atoms with Gasteiger partial charge in [0.25, 0.3) is 5.91 Å². The zero-order chi connectivity index (χ0) is 20.8. The molecule has 3 amide bonds. The summed E-state index contributed by atoms with van der Waals surface area (Å²) in [4.78, 5) is 50.6. The highest BCUT2D eigenvalue weighted by Gasteiger charge is 2.57. The van der Waals surface area contributed by atoms with Gasteiger partial charge in [0.05, 0.1) is 0 Å². The Balaban J connectivity index is 1.77. The Morgan fingerprint density at radius 3 is 2.43 bits per heavy atom. The lowest BCUT2D eigenvalue weighted by Crippen LogP contribution is -2.57. The van der Waals surface area contributed by atoms with Gasteiger partial charge >= 0.3 is 5.97 Å². The summed E-state index contributed by atoms with van der Waals surface area (Å²) in [7, 11) is 0. The molecule has 8 nitrogen and oxygen atoms in total. The van der Waals surface area contributed by atoms with E-state index in [1.807, 2.05) is 26.0 Å². The fourth-order valence-corrected chi connectivity index (χ4v) is 5.15. The summed E-state index contributed by atoms with van der Waals surface area (Å²) in [5.74, 6) is -2.40. The van der Waals surface area contributed by atoms with Crippen LogP contribution in [0.5, 0.6) is 0 Å². The molecule has 0 saturated carbocycles. The lowest BCUT2D eigenvalue weighted by atomic mass is 10.0. The van der Waals surface area contributed by atoms with Crippen molar-refractivity contribution in [3.63, 3.8) is 0 Å². The van der Waals surface area contributed by atoms with Crippen LogP contribution in [0.4, 0.5) is 0 Å². The number of hydrogen-bond donors (Lipinski definition) is 3. The lowest BCUT2D eigenvalue weighted by molar-refractivity contribution is -0.141. The standard InChI is InChI=1S/C19H23N3O5S/c1-9(14(23)21-10(2)18(26)27)20-15(24)13-19(3,4)28-17-12-8-6-5-7-11(12)16(25)22(13)17/h5-10,13,17H,1-4H3,(H,20,24)(H,21,23)(H,26,27)/t9-,10-,13-,17+/m0/s1. The van der Waals surface area contributed by atoms with Gasteiger partial charge in [0, 0.05) is 10.3 Å². The van der Waals surface area contributed by atoms with E-state index in [1.54, 1.807) is 17.0 Å². The average Bonchev–Trinajstić information content (AvgIpc) is 3.04. The summed E-state index contributed by atoms with van der Waals surface area (Å²) >= 11 is 1.54. The second-order valence-corrected chi connectivity index (χ2v) is 9.31. The first-order valence-corrected chi connectivity index (χ1v) is 9.85. The van der Waals surface area contributed by atoms with Crippen molar-refractivity contribution in [2.75, 3.05) is 0 Å². The third-order valence-electron chi connectivity index (χ3n) is 5.03. The number of benzene rings is 1. The van der Waals surface area contributed by atoms with Gasteiger partial charge in [0.15, 0.2) is 0 Å². The van der Waals surface area contributed by atoms with Crippen LogP contribution in [0.2, 0.25) is 0 Å². The maximum Gasteiger partial charge on any atom is 0.325 e. The quantitative estimate of drug-likeness (QED) is 0.676. The molecule has 1 fully saturated rings. The van der Waals surface area contributed by atoms with Crippen molar-refractivity contribution in [1.82, 2.24) is 15.5 Å². The van der Waals surface area contributed by atoms with E-state index in [0.717, 1.165) is 5.56 Å². The molecular formula is C19H23N3O5S. The van der Waals surface area contributed by atoms with Crippen molar-refractivity contribution in [2.45, 2.75) is 55.9 Å². The van der Waals surface area contributed by atoms with Crippen LogP contribution in [0.15, 0.2) is 24.3 Å². The fourth-order valence-electron chi connectivity index (χ4n) is 3.56. The van der Waals surface area contributed by atoms with Crippen molar-refractivity contribution >= 4 is 35.5 Å². The van der Waals surface area contributed by atoms with Crippen molar-refractivity contribution < 1.29 is 24.3 Å². The number of hydrogen-bond acceptors (Lipinski definition) is 5. The molecule has 1 saturated heterocycles. The summed E-state index contributed by atoms with van der Waals surface area (Å²) in [6.07, 6.45) is 0. The van der Waals surface area contributed by atoms with Gasteiger partial charge in [0.1, 0.15) is 23.5 Å². The number of aliphatic carboxylic acids is 1. The number of fused-ring (bicyclic) bond motifs is 3. The Kier molecular flexibility index (Phi) is 5.14. The molecule has 2 heterocycles. The Hall–Kier alpha value is -2.55. The summed E-state index contributed by atoms with van der Waals surface area (Å²) in [6.45, 7) is 6.62. The van der Waals surface area contributed by atoms with E-state index < -0.39 is 40.7 Å². The second kappa shape index (κ2) is 7.12. The summed E-state index contributed by atoms with van der Waals surface area (Å²) in [5.41, 5.74) is 1.48. The zero-order valence-electron chi connectivity index (χ0n) is 16.1. The van der Waals surface area contributed by atoms with Gasteiger partial charge in [-0.05, 0) is 39.3 Å². The molecule has 1 aromatic rings. The third kappa shape index (κ3) is 3.34. The van der Waals surface area contributed by atoms with Gasteiger partial charge in [-0.25, -0.2) is 0 Å². The minimum Gasteiger partial charge on any atom is -0.480 e. The van der Waals surface area contributed by atoms with E-state index in [1.165, 1.54) is 25.6 Å². The van der Waals surface area contributed by atoms with Crippen LogP contribution in [0, 0.1) is 0 Å². The molecule has 0 radical (unpaired) electrons. The molecule has 0 unspecified atom stereocenters. The van der Waals surface area contributed by atoms with Crippen molar-refractivity contribution in [2.24, 2.45) is 0 Å². The van der Waals surface area contributed by atoms with Crippen LogP contribution < -0.4 is 10.6 Å². The highest BCUT2D eigenvalue weighted by atomic mass is 32.2. The van der Waals surface area contributed by atoms with Crippen LogP contribution in [0.3, 0.4) is 0 Å². The van der Waals surface area contributed by atoms with Gasteiger partial charge in [-0.2, -0.15) is 0 Å². The first kappa shape index (κ1) is 20.2. The monoisotopic (exact) mass is 405 g/mol. The summed E-state index contributed by atoms with van der Waals surface area (Å²) < 4.78 is -0.553. The molecule has 1 aromatic carbocycles. The van der Waals surface area contributed by atoms with E-state index in [2.05, 4.69) is 10.6 Å². The van der Waals surface area contributed by atoms with Gasteiger partial charge in [0.2, 0.25) is 11.8 Å². The normalized spacial score (nSPS) is 24.1. The molecule has 3 N–H and O–H groups in total. The maximum atomic E-state index is 13.0. The SMILES string of the molecule is C[C@H](NC(=O)[C@H](C)NC(=O)[C@@H]1N2C(=O)c3ccccc3[C@H]2SC1(C)C)C(=O)O. The van der Waals surface area contributed by atoms with Crippen LogP contribution in [0.1, 0.15) is 49.0 Å². The van der Waals surface area contributed by atoms with E-state index >= 15 is 0 Å². The number of carboxylic acids is 1. The third-order valence-corrected chi connectivity index (χ3v) is 6.56. The van der Waals surface area contributed by atoms with Gasteiger partial charge < -0.3 is 20.6 Å². The number of nitrogens with zero attached hydrogens (tertiary/aromatic N) is 1. The van der Waals surface area contributed by atoms with Crippen LogP contribution in [0.25, 0.3) is 0 Å². The first-order valence-electron chi connectivity index (χ1n) is 8.97. The smallest absolute Gasteiger partial charge is 0.325 e. The Bertz CT molecular complexity index is 856. The van der Waals surface area contributed by atoms with Crippen LogP contribution in [-0.2, 0) is 14.4 Å². The van der Waals surface area contributed by atoms with Crippen LogP contribution in [-0.4, -0.2) is 56.6 Å². The van der Waals surface area contributed by atoms with E-state index in [9.17, 15) is 19.2 Å². The number of amides is 3. The van der Waals surface area contributed by atoms with Crippen LogP contribution >= 0.6 is 11.8 Å². The molecular weight excluding hydrogens is 382 g/mol. The maximum absolute atomic E-state index is 13.0. The summed E-state index contributed by atoms with van der Waals surface area (Å²) in [6, 6.07) is 4.55. The van der Waals surface area contributed by atoms with Gasteiger partial charge in [-0.15, -0.1) is 11.8 Å². The van der Waals surface area contributed by atoms with E-state index in [-0.39, 0.29) is 11.3 Å². The van der Waals surface area contributed by atoms with Crippen molar-refractivity contribution in [3.05, 3.63) is 35.4 Å². The zero-order valence-corrected chi connectivity index (χ0v) is 16.9. The lowest BCUT2D eigenvalue weighted by Gasteiger charge is -2.30. The van der Waals surface area contributed by atoms with Gasteiger partial charge in [-0.1, -0.05) is 18.2 Å². The molecule has 28 heavy (non-hydrogen) atoms. The second-order valence-electron chi connectivity index (χ2n) is 7.57. The molecule has 2 aliphatic heterocycles. The Labute approximate surface area is 167 Å². The molecule has 0 bridgehead atoms. The minimum atomic E-state index is -1.16. The molecule has 9 heteroatoms. The number of nitrogens with one attached hydrogen (secondary N) is 2. The molecule has 0 spiro atoms. The molecule has 3 rings (SSSR count). The van der Waals surface area contributed by atoms with E-state index in [4.69, 9.17) is 5.11 Å². The Morgan fingerprint density at radius 2 is 1.79 bits per heavy atom. The average molecular weight is 405 g/mol. The highest BCUT2D eigenvalue weighted by Crippen LogP contribution is 2.56. The number of carboxylic acid groups (broad SMARTS) is 1. The molecule has 0 aliphatic carbocycles. The Morgan fingerprint density at radius 1 is 1.14 bits per heavy atom. The molecule has 150 valence electrons. The highest BCUT2D eigenvalue weighted by molar-refractivity contribution is 8.01.